The predicted molar refractivity (Wildman–Crippen MR) is 79.3 cm³/mol. The van der Waals surface area contributed by atoms with Gasteiger partial charge in [-0.25, -0.2) is 8.42 Å². The first kappa shape index (κ1) is 14.4. The highest BCUT2D eigenvalue weighted by atomic mass is 32.2. The first-order valence-electron chi connectivity index (χ1n) is 6.78. The molecule has 0 saturated carbocycles. The molecule has 1 aliphatic heterocycles. The molecule has 3 rings (SSSR count). The monoisotopic (exact) mass is 307 g/mol. The Balaban J connectivity index is 2.12. The van der Waals surface area contributed by atoms with E-state index in [1.54, 1.807) is 36.5 Å². The maximum atomic E-state index is 13.0. The van der Waals surface area contributed by atoms with Crippen molar-refractivity contribution in [3.05, 3.63) is 36.5 Å². The summed E-state index contributed by atoms with van der Waals surface area (Å²) < 4.78 is 32.7. The molecule has 112 valence electrons. The zero-order valence-electron chi connectivity index (χ0n) is 11.5. The average molecular weight is 307 g/mol. The molecule has 21 heavy (non-hydrogen) atoms. The van der Waals surface area contributed by atoms with E-state index in [1.165, 1.54) is 4.31 Å². The molecule has 2 N–H and O–H groups in total. The van der Waals surface area contributed by atoms with Crippen molar-refractivity contribution in [2.75, 3.05) is 26.3 Å². The van der Waals surface area contributed by atoms with Crippen LogP contribution in [0.25, 0.3) is 10.9 Å². The Morgan fingerprint density at radius 3 is 3.00 bits per heavy atom. The molecular weight excluding hydrogens is 290 g/mol. The number of pyridine rings is 1. The molecular formula is C14H17N3O3S. The summed E-state index contributed by atoms with van der Waals surface area (Å²) in [5.74, 6) is 0. The van der Waals surface area contributed by atoms with Crippen LogP contribution < -0.4 is 5.73 Å². The van der Waals surface area contributed by atoms with Crippen LogP contribution in [0, 0.1) is 0 Å². The Kier molecular flexibility index (Phi) is 3.90. The highest BCUT2D eigenvalue weighted by Crippen LogP contribution is 2.26. The molecule has 0 aliphatic carbocycles. The second kappa shape index (κ2) is 5.69. The fourth-order valence-corrected chi connectivity index (χ4v) is 4.38. The van der Waals surface area contributed by atoms with Gasteiger partial charge in [-0.05, 0) is 24.3 Å². The van der Waals surface area contributed by atoms with E-state index in [9.17, 15) is 8.42 Å². The molecule has 1 aliphatic rings. The van der Waals surface area contributed by atoms with E-state index >= 15 is 0 Å². The lowest BCUT2D eigenvalue weighted by Gasteiger charge is -2.33. The van der Waals surface area contributed by atoms with Crippen LogP contribution in [0.3, 0.4) is 0 Å². The maximum absolute atomic E-state index is 13.0. The number of rotatable bonds is 3. The SMILES string of the molecule is NCC1COCCN1S(=O)(=O)c1cccc2ncccc12. The molecule has 1 atom stereocenters. The first-order valence-corrected chi connectivity index (χ1v) is 8.22. The average Bonchev–Trinajstić information content (AvgIpc) is 2.54. The highest BCUT2D eigenvalue weighted by molar-refractivity contribution is 7.89. The third-order valence-electron chi connectivity index (χ3n) is 3.64. The molecule has 1 aromatic heterocycles. The van der Waals surface area contributed by atoms with Gasteiger partial charge in [0.1, 0.15) is 0 Å². The summed E-state index contributed by atoms with van der Waals surface area (Å²) >= 11 is 0. The molecule has 0 amide bonds. The fourth-order valence-electron chi connectivity index (χ4n) is 2.57. The Hall–Kier alpha value is -1.54. The molecule has 2 heterocycles. The summed E-state index contributed by atoms with van der Waals surface area (Å²) in [5, 5.41) is 0.627. The predicted octanol–water partition coefficient (Wildman–Crippen LogP) is 0.583. The topological polar surface area (TPSA) is 85.5 Å². The van der Waals surface area contributed by atoms with Crippen LogP contribution in [0.2, 0.25) is 0 Å². The maximum Gasteiger partial charge on any atom is 0.244 e. The Morgan fingerprint density at radius 2 is 2.19 bits per heavy atom. The van der Waals surface area contributed by atoms with Gasteiger partial charge in [-0.1, -0.05) is 6.07 Å². The Morgan fingerprint density at radius 1 is 1.33 bits per heavy atom. The lowest BCUT2D eigenvalue weighted by molar-refractivity contribution is 0.0358. The first-order chi connectivity index (χ1) is 10.1. The van der Waals surface area contributed by atoms with Gasteiger partial charge in [-0.15, -0.1) is 0 Å². The number of sulfonamides is 1. The number of hydrogen-bond donors (Lipinski definition) is 1. The van der Waals surface area contributed by atoms with Crippen molar-refractivity contribution in [1.29, 1.82) is 0 Å². The van der Waals surface area contributed by atoms with E-state index in [1.807, 2.05) is 0 Å². The minimum Gasteiger partial charge on any atom is -0.378 e. The quantitative estimate of drug-likeness (QED) is 0.896. The molecule has 0 radical (unpaired) electrons. The van der Waals surface area contributed by atoms with E-state index in [2.05, 4.69) is 4.98 Å². The van der Waals surface area contributed by atoms with Crippen molar-refractivity contribution >= 4 is 20.9 Å². The standard InChI is InChI=1S/C14H17N3O3S/c15-9-11-10-20-8-7-17(11)21(18,19)14-5-1-4-13-12(14)3-2-6-16-13/h1-6,11H,7-10,15H2. The van der Waals surface area contributed by atoms with Crippen molar-refractivity contribution in [3.63, 3.8) is 0 Å². The number of benzene rings is 1. The molecule has 7 heteroatoms. The number of fused-ring (bicyclic) bond motifs is 1. The summed E-state index contributed by atoms with van der Waals surface area (Å²) in [6, 6.07) is 8.31. The molecule has 1 saturated heterocycles. The van der Waals surface area contributed by atoms with Crippen LogP contribution in [-0.4, -0.2) is 50.1 Å². The number of ether oxygens (including phenoxy) is 1. The summed E-state index contributed by atoms with van der Waals surface area (Å²) in [4.78, 5) is 4.48. The van der Waals surface area contributed by atoms with Crippen LogP contribution in [0.15, 0.2) is 41.4 Å². The van der Waals surface area contributed by atoms with Crippen molar-refractivity contribution < 1.29 is 13.2 Å². The fraction of sp³-hybridized carbons (Fsp3) is 0.357. The van der Waals surface area contributed by atoms with Crippen LogP contribution >= 0.6 is 0 Å². The number of nitrogens with zero attached hydrogens (tertiary/aromatic N) is 2. The molecule has 0 spiro atoms. The third kappa shape index (κ3) is 2.53. The minimum absolute atomic E-state index is 0.238. The zero-order chi connectivity index (χ0) is 14.9. The van der Waals surface area contributed by atoms with E-state index in [-0.39, 0.29) is 17.5 Å². The number of aromatic nitrogens is 1. The van der Waals surface area contributed by atoms with Gasteiger partial charge in [0.05, 0.1) is 29.7 Å². The van der Waals surface area contributed by atoms with Crippen LogP contribution in [0.4, 0.5) is 0 Å². The van der Waals surface area contributed by atoms with Gasteiger partial charge in [0.2, 0.25) is 10.0 Å². The Bertz CT molecular complexity index is 743. The van der Waals surface area contributed by atoms with Crippen LogP contribution in [0.5, 0.6) is 0 Å². The van der Waals surface area contributed by atoms with Gasteiger partial charge in [-0.2, -0.15) is 4.31 Å². The Labute approximate surface area is 123 Å². The second-order valence-electron chi connectivity index (χ2n) is 4.91. The molecule has 0 bridgehead atoms. The van der Waals surface area contributed by atoms with Crippen LogP contribution in [0.1, 0.15) is 0 Å². The van der Waals surface area contributed by atoms with Crippen molar-refractivity contribution in [2.24, 2.45) is 5.73 Å². The molecule has 2 aromatic rings. The number of nitrogens with two attached hydrogens (primary N) is 1. The lowest BCUT2D eigenvalue weighted by atomic mass is 10.2. The van der Waals surface area contributed by atoms with E-state index in [0.717, 1.165) is 0 Å². The minimum atomic E-state index is -3.62. The summed E-state index contributed by atoms with van der Waals surface area (Å²) in [7, 11) is -3.62. The molecule has 1 fully saturated rings. The largest absolute Gasteiger partial charge is 0.378 e. The molecule has 6 nitrogen and oxygen atoms in total. The van der Waals surface area contributed by atoms with Gasteiger partial charge < -0.3 is 10.5 Å². The van der Waals surface area contributed by atoms with Gasteiger partial charge >= 0.3 is 0 Å². The number of hydrogen-bond acceptors (Lipinski definition) is 5. The van der Waals surface area contributed by atoms with Crippen molar-refractivity contribution in [3.8, 4) is 0 Å². The highest BCUT2D eigenvalue weighted by Gasteiger charge is 2.34. The van der Waals surface area contributed by atoms with Gasteiger partial charge in [0, 0.05) is 24.7 Å². The van der Waals surface area contributed by atoms with Gasteiger partial charge in [0.15, 0.2) is 0 Å². The summed E-state index contributed by atoms with van der Waals surface area (Å²) in [6.45, 7) is 1.28. The van der Waals surface area contributed by atoms with Crippen molar-refractivity contribution in [1.82, 2.24) is 9.29 Å². The second-order valence-corrected chi connectivity index (χ2v) is 6.77. The van der Waals surface area contributed by atoms with Gasteiger partial charge in [-0.3, -0.25) is 4.98 Å². The summed E-state index contributed by atoms with van der Waals surface area (Å²) in [5.41, 5.74) is 6.35. The van der Waals surface area contributed by atoms with E-state index in [4.69, 9.17) is 10.5 Å². The molecule has 1 unspecified atom stereocenters. The summed E-state index contributed by atoms with van der Waals surface area (Å²) in [6.07, 6.45) is 1.65. The van der Waals surface area contributed by atoms with Crippen molar-refractivity contribution in [2.45, 2.75) is 10.9 Å². The zero-order valence-corrected chi connectivity index (χ0v) is 12.3. The van der Waals surface area contributed by atoms with Crippen LogP contribution in [-0.2, 0) is 14.8 Å². The lowest BCUT2D eigenvalue weighted by Crippen LogP contribution is -2.51. The number of morpholine rings is 1. The van der Waals surface area contributed by atoms with E-state index < -0.39 is 10.0 Å². The van der Waals surface area contributed by atoms with E-state index in [0.29, 0.717) is 30.7 Å². The molecule has 1 aromatic carbocycles. The smallest absolute Gasteiger partial charge is 0.244 e. The van der Waals surface area contributed by atoms with Gasteiger partial charge in [0.25, 0.3) is 0 Å². The normalized spacial score (nSPS) is 20.7. The third-order valence-corrected chi connectivity index (χ3v) is 5.65.